The van der Waals surface area contributed by atoms with Gasteiger partial charge in [0.25, 0.3) is 5.91 Å². The Morgan fingerprint density at radius 1 is 0.911 bits per heavy atom. The molecule has 20 nitrogen and oxygen atoms in total. The average molecular weight is 683 g/mol. The van der Waals surface area contributed by atoms with Crippen molar-refractivity contribution < 1.29 is 41.9 Å². The Kier molecular flexibility index (Phi) is 11.2. The Labute approximate surface area is 259 Å². The number of guanidine groups is 2. The van der Waals surface area contributed by atoms with Gasteiger partial charge in [0.05, 0.1) is 25.9 Å². The van der Waals surface area contributed by atoms with E-state index in [0.717, 1.165) is 0 Å². The molecule has 2 atom stereocenters. The Hall–Kier alpha value is -5.00. The summed E-state index contributed by atoms with van der Waals surface area (Å²) in [6.07, 6.45) is -6.75. The SMILES string of the molecule is NC(=NC(=O)c1nc(Cl)c(N)nc1N)NC[C@H]1CO[C@H](CN=C(NOC(=O)C(F)(F)F)NC(=O)c2nc(Cl)c(N)nc2N)CO1. The van der Waals surface area contributed by atoms with Crippen LogP contribution < -0.4 is 44.8 Å². The third-order valence-corrected chi connectivity index (χ3v) is 5.71. The highest BCUT2D eigenvalue weighted by molar-refractivity contribution is 6.32. The molecule has 0 spiro atoms. The van der Waals surface area contributed by atoms with Crippen LogP contribution in [-0.4, -0.2) is 94.3 Å². The van der Waals surface area contributed by atoms with Crippen molar-refractivity contribution in [3.63, 3.8) is 0 Å². The summed E-state index contributed by atoms with van der Waals surface area (Å²) in [6, 6.07) is 0. The van der Waals surface area contributed by atoms with Crippen LogP contribution in [0.2, 0.25) is 10.3 Å². The fraction of sp³-hybridized carbons (Fsp3) is 0.350. The summed E-state index contributed by atoms with van der Waals surface area (Å²) in [5.41, 5.74) is 28.5. The molecule has 3 rings (SSSR count). The van der Waals surface area contributed by atoms with Crippen molar-refractivity contribution in [2.45, 2.75) is 18.4 Å². The first-order valence-electron chi connectivity index (χ1n) is 12.0. The van der Waals surface area contributed by atoms with Crippen LogP contribution >= 0.6 is 23.2 Å². The minimum Gasteiger partial charge on any atom is -0.382 e. The van der Waals surface area contributed by atoms with E-state index in [0.29, 0.717) is 0 Å². The van der Waals surface area contributed by atoms with Crippen LogP contribution in [0.4, 0.5) is 36.4 Å². The van der Waals surface area contributed by atoms with E-state index in [-0.39, 0.29) is 65.7 Å². The fourth-order valence-electron chi connectivity index (χ4n) is 3.04. The standard InChI is InChI=1S/C20H23Cl2F3N14O6/c21-9-13(28)35-11(26)7(33-9)15(40)37-18(30)31-1-5-3-44-6(4-43-5)2-32-19(39-45-17(42)20(23,24)25)38-16(41)8-12(27)36-14(29)10(22)34-8/h5-6H,1-4H2,(H4,26,28,35)(H4,27,29,36)(H3,30,31,37,40)(H2,32,38,39,41)/t5-,6+/m0/s1. The number of amides is 2. The number of nitrogen functional groups attached to an aromatic ring is 4. The van der Waals surface area contributed by atoms with Gasteiger partial charge < -0.3 is 48.3 Å². The van der Waals surface area contributed by atoms with Crippen molar-refractivity contribution in [2.24, 2.45) is 15.7 Å². The first-order valence-corrected chi connectivity index (χ1v) is 12.7. The lowest BCUT2D eigenvalue weighted by Gasteiger charge is -2.29. The number of halogens is 5. The molecule has 0 aromatic carbocycles. The van der Waals surface area contributed by atoms with Crippen molar-refractivity contribution in [3.8, 4) is 0 Å². The van der Waals surface area contributed by atoms with Crippen LogP contribution in [0.15, 0.2) is 9.98 Å². The molecule has 1 saturated heterocycles. The number of aromatic nitrogens is 4. The van der Waals surface area contributed by atoms with Gasteiger partial charge in [-0.25, -0.2) is 29.7 Å². The largest absolute Gasteiger partial charge is 0.493 e. The van der Waals surface area contributed by atoms with Crippen LogP contribution in [0.3, 0.4) is 0 Å². The molecule has 13 N–H and O–H groups in total. The summed E-state index contributed by atoms with van der Waals surface area (Å²) in [5.74, 6) is -7.04. The van der Waals surface area contributed by atoms with Crippen molar-refractivity contribution in [2.75, 3.05) is 49.2 Å². The van der Waals surface area contributed by atoms with Gasteiger partial charge in [0.1, 0.15) is 6.10 Å². The summed E-state index contributed by atoms with van der Waals surface area (Å²) in [4.78, 5) is 62.1. The summed E-state index contributed by atoms with van der Waals surface area (Å²) in [7, 11) is 0. The van der Waals surface area contributed by atoms with E-state index in [1.807, 2.05) is 5.32 Å². The predicted octanol–water partition coefficient (Wildman–Crippen LogP) is -1.87. The van der Waals surface area contributed by atoms with Crippen LogP contribution in [0.5, 0.6) is 0 Å². The van der Waals surface area contributed by atoms with Gasteiger partial charge in [-0.05, 0) is 0 Å². The second-order valence-corrected chi connectivity index (χ2v) is 9.21. The first kappa shape index (κ1) is 34.5. The topological polar surface area (TPSA) is 321 Å². The molecule has 1 fully saturated rings. The predicted molar refractivity (Wildman–Crippen MR) is 150 cm³/mol. The number of ether oxygens (including phenoxy) is 2. The second-order valence-electron chi connectivity index (χ2n) is 8.49. The zero-order chi connectivity index (χ0) is 33.5. The van der Waals surface area contributed by atoms with Gasteiger partial charge in [-0.1, -0.05) is 23.2 Å². The normalized spacial score (nSPS) is 17.4. The Morgan fingerprint density at radius 3 is 2.04 bits per heavy atom. The summed E-state index contributed by atoms with van der Waals surface area (Å²) < 4.78 is 48.9. The van der Waals surface area contributed by atoms with Gasteiger partial charge >= 0.3 is 18.1 Å². The molecular formula is C20H23Cl2F3N14O6. The van der Waals surface area contributed by atoms with Crippen LogP contribution in [0.1, 0.15) is 21.0 Å². The van der Waals surface area contributed by atoms with Crippen molar-refractivity contribution in [1.29, 1.82) is 0 Å². The third kappa shape index (κ3) is 9.75. The molecule has 25 heteroatoms. The maximum Gasteiger partial charge on any atom is 0.493 e. The van der Waals surface area contributed by atoms with Gasteiger partial charge in [0, 0.05) is 6.54 Å². The van der Waals surface area contributed by atoms with E-state index in [2.05, 4.69) is 40.1 Å². The maximum absolute atomic E-state index is 12.6. The van der Waals surface area contributed by atoms with E-state index in [4.69, 9.17) is 61.3 Å². The van der Waals surface area contributed by atoms with Crippen molar-refractivity contribution >= 4 is 76.2 Å². The lowest BCUT2D eigenvalue weighted by Crippen LogP contribution is -2.47. The number of nitrogens with one attached hydrogen (secondary N) is 3. The molecule has 244 valence electrons. The van der Waals surface area contributed by atoms with Gasteiger partial charge in [0.15, 0.2) is 50.9 Å². The maximum atomic E-state index is 12.6. The van der Waals surface area contributed by atoms with Crippen molar-refractivity contribution in [1.82, 2.24) is 36.0 Å². The number of rotatable bonds is 6. The van der Waals surface area contributed by atoms with Gasteiger partial charge in [-0.2, -0.15) is 23.6 Å². The molecule has 1 aliphatic heterocycles. The molecule has 2 aromatic rings. The fourth-order valence-corrected chi connectivity index (χ4v) is 3.30. The Bertz CT molecular complexity index is 1520. The van der Waals surface area contributed by atoms with Crippen LogP contribution in [-0.2, 0) is 19.1 Å². The van der Waals surface area contributed by atoms with E-state index in [1.54, 1.807) is 5.48 Å². The molecule has 2 amide bonds. The number of aliphatic imine (C=N–C) groups is 2. The van der Waals surface area contributed by atoms with Gasteiger partial charge in [-0.15, -0.1) is 0 Å². The monoisotopic (exact) mass is 682 g/mol. The molecule has 0 bridgehead atoms. The minimum atomic E-state index is -5.36. The number of alkyl halides is 3. The second kappa shape index (κ2) is 14.7. The average Bonchev–Trinajstić information content (AvgIpc) is 2.96. The molecular weight excluding hydrogens is 660 g/mol. The molecule has 2 aromatic heterocycles. The number of nitrogens with two attached hydrogens (primary N) is 5. The molecule has 0 unspecified atom stereocenters. The summed E-state index contributed by atoms with van der Waals surface area (Å²) in [5, 5.41) is 4.04. The van der Waals surface area contributed by atoms with E-state index < -0.39 is 53.6 Å². The van der Waals surface area contributed by atoms with E-state index in [9.17, 15) is 27.6 Å². The van der Waals surface area contributed by atoms with E-state index >= 15 is 0 Å². The molecule has 45 heavy (non-hydrogen) atoms. The Morgan fingerprint density at radius 2 is 1.47 bits per heavy atom. The highest BCUT2D eigenvalue weighted by Crippen LogP contribution is 2.19. The Balaban J connectivity index is 1.57. The lowest BCUT2D eigenvalue weighted by atomic mass is 10.3. The summed E-state index contributed by atoms with van der Waals surface area (Å²) >= 11 is 11.5. The van der Waals surface area contributed by atoms with Crippen LogP contribution in [0.25, 0.3) is 0 Å². The molecule has 0 radical (unpaired) electrons. The number of hydrogen-bond donors (Lipinski definition) is 8. The minimum absolute atomic E-state index is 0.0190. The summed E-state index contributed by atoms with van der Waals surface area (Å²) in [6.45, 7) is -0.447. The number of nitrogens with zero attached hydrogens (tertiary/aromatic N) is 6. The number of anilines is 4. The van der Waals surface area contributed by atoms with Gasteiger partial charge in [-0.3, -0.25) is 14.9 Å². The smallest absolute Gasteiger partial charge is 0.382 e. The first-order chi connectivity index (χ1) is 21.0. The highest BCUT2D eigenvalue weighted by atomic mass is 35.5. The number of hydroxylamine groups is 1. The number of carbonyl (C=O) groups is 3. The zero-order valence-corrected chi connectivity index (χ0v) is 23.9. The molecule has 0 saturated carbocycles. The van der Waals surface area contributed by atoms with Crippen LogP contribution in [0, 0.1) is 0 Å². The van der Waals surface area contributed by atoms with E-state index in [1.165, 1.54) is 0 Å². The molecule has 3 heterocycles. The zero-order valence-electron chi connectivity index (χ0n) is 22.4. The van der Waals surface area contributed by atoms with Crippen molar-refractivity contribution in [3.05, 3.63) is 21.7 Å². The molecule has 0 aliphatic carbocycles. The quantitative estimate of drug-likeness (QED) is 0.0939. The lowest BCUT2D eigenvalue weighted by molar-refractivity contribution is -0.204. The highest BCUT2D eigenvalue weighted by Gasteiger charge is 2.42. The number of carbonyl (C=O) groups excluding carboxylic acids is 3. The third-order valence-electron chi connectivity index (χ3n) is 5.15. The molecule has 1 aliphatic rings. The number of hydrogen-bond acceptors (Lipinski definition) is 15. The van der Waals surface area contributed by atoms with Gasteiger partial charge in [0.2, 0.25) is 5.96 Å².